The molecule has 0 fully saturated rings. The maximum absolute atomic E-state index is 11.4. The zero-order valence-electron chi connectivity index (χ0n) is 8.10. The van der Waals surface area contributed by atoms with E-state index in [0.29, 0.717) is 17.4 Å². The lowest BCUT2D eigenvalue weighted by molar-refractivity contribution is -0.117. The average Bonchev–Trinajstić information content (AvgIpc) is 2.00. The molecular weight excluding hydrogens is 200 g/mol. The fourth-order valence-corrected chi connectivity index (χ4v) is 1.90. The molecule has 1 aromatic rings. The summed E-state index contributed by atoms with van der Waals surface area (Å²) in [6.07, 6.45) is 0.489. The Kier molecular flexibility index (Phi) is 2.00. The minimum absolute atomic E-state index is 0.00253. The van der Waals surface area contributed by atoms with Crippen LogP contribution in [0.1, 0.15) is 25.8 Å². The number of anilines is 1. The molecule has 4 heteroatoms. The summed E-state index contributed by atoms with van der Waals surface area (Å²) in [6.45, 7) is 4.06. The zero-order chi connectivity index (χ0) is 10.3. The molecule has 0 aromatic carbocycles. The van der Waals surface area contributed by atoms with Crippen LogP contribution in [0.2, 0.25) is 5.15 Å². The van der Waals surface area contributed by atoms with Gasteiger partial charge in [-0.1, -0.05) is 31.5 Å². The minimum atomic E-state index is -0.157. The molecule has 14 heavy (non-hydrogen) atoms. The summed E-state index contributed by atoms with van der Waals surface area (Å²) in [5.41, 5.74) is 0.886. The van der Waals surface area contributed by atoms with Gasteiger partial charge in [-0.15, -0.1) is 0 Å². The van der Waals surface area contributed by atoms with Crippen molar-refractivity contribution in [1.29, 1.82) is 0 Å². The quantitative estimate of drug-likeness (QED) is 0.668. The first-order valence-corrected chi connectivity index (χ1v) is 4.84. The van der Waals surface area contributed by atoms with Crippen LogP contribution in [0.3, 0.4) is 0 Å². The van der Waals surface area contributed by atoms with Crippen molar-refractivity contribution in [1.82, 2.24) is 4.98 Å². The molecule has 1 N–H and O–H groups in total. The Morgan fingerprint density at radius 2 is 2.21 bits per heavy atom. The van der Waals surface area contributed by atoms with E-state index in [-0.39, 0.29) is 11.3 Å². The van der Waals surface area contributed by atoms with Gasteiger partial charge < -0.3 is 5.32 Å². The highest BCUT2D eigenvalue weighted by molar-refractivity contribution is 6.29. The predicted octanol–water partition coefficient (Wildman–Crippen LogP) is 2.35. The number of rotatable bonds is 0. The van der Waals surface area contributed by atoms with E-state index in [0.717, 1.165) is 5.56 Å². The first kappa shape index (κ1) is 9.46. The fourth-order valence-electron chi connectivity index (χ4n) is 1.75. The van der Waals surface area contributed by atoms with Crippen molar-refractivity contribution in [2.75, 3.05) is 5.32 Å². The van der Waals surface area contributed by atoms with Crippen LogP contribution >= 0.6 is 11.6 Å². The number of carbonyl (C=O) groups is 1. The summed E-state index contributed by atoms with van der Waals surface area (Å²) in [6, 6.07) is 3.67. The third kappa shape index (κ3) is 1.48. The number of hydrogen-bond acceptors (Lipinski definition) is 2. The van der Waals surface area contributed by atoms with E-state index in [2.05, 4.69) is 10.3 Å². The number of pyridine rings is 1. The lowest BCUT2D eigenvalue weighted by Gasteiger charge is -2.30. The van der Waals surface area contributed by atoms with E-state index in [1.165, 1.54) is 0 Å². The number of amides is 1. The largest absolute Gasteiger partial charge is 0.310 e. The topological polar surface area (TPSA) is 42.0 Å². The molecule has 0 atom stereocenters. The Morgan fingerprint density at radius 1 is 1.50 bits per heavy atom. The Labute approximate surface area is 87.5 Å². The lowest BCUT2D eigenvalue weighted by atomic mass is 9.79. The number of nitrogens with zero attached hydrogens (tertiary/aromatic N) is 1. The molecule has 0 unspecified atom stereocenters. The van der Waals surface area contributed by atoms with E-state index < -0.39 is 0 Å². The predicted molar refractivity (Wildman–Crippen MR) is 55.5 cm³/mol. The van der Waals surface area contributed by atoms with Crippen molar-refractivity contribution >= 4 is 23.3 Å². The summed E-state index contributed by atoms with van der Waals surface area (Å²) in [5.74, 6) is 0.594. The molecule has 0 radical (unpaired) electrons. The van der Waals surface area contributed by atoms with Crippen molar-refractivity contribution in [2.45, 2.75) is 25.7 Å². The van der Waals surface area contributed by atoms with Gasteiger partial charge in [-0.3, -0.25) is 4.79 Å². The normalized spacial score (nSPS) is 18.6. The maximum atomic E-state index is 11.4. The molecule has 2 heterocycles. The number of carbonyl (C=O) groups excluding carboxylic acids is 1. The summed E-state index contributed by atoms with van der Waals surface area (Å²) in [5, 5.41) is 3.13. The monoisotopic (exact) mass is 210 g/mol. The molecule has 0 aliphatic carbocycles. The summed E-state index contributed by atoms with van der Waals surface area (Å²) >= 11 is 5.76. The van der Waals surface area contributed by atoms with Gasteiger partial charge in [0.2, 0.25) is 5.91 Å². The third-order valence-corrected chi connectivity index (χ3v) is 2.66. The first-order valence-electron chi connectivity index (χ1n) is 4.46. The first-order chi connectivity index (χ1) is 6.49. The Bertz CT molecular complexity index is 401. The Hall–Kier alpha value is -1.09. The Morgan fingerprint density at radius 3 is 2.93 bits per heavy atom. The molecule has 2 rings (SSSR count). The molecule has 0 saturated heterocycles. The molecule has 0 saturated carbocycles. The number of aromatic nitrogens is 1. The molecule has 74 valence electrons. The summed E-state index contributed by atoms with van der Waals surface area (Å²) in [4.78, 5) is 15.5. The van der Waals surface area contributed by atoms with E-state index in [1.54, 1.807) is 6.07 Å². The van der Waals surface area contributed by atoms with Gasteiger partial charge in [0.25, 0.3) is 0 Å². The fraction of sp³-hybridized carbons (Fsp3) is 0.400. The van der Waals surface area contributed by atoms with Crippen LogP contribution < -0.4 is 5.32 Å². The smallest absolute Gasteiger partial charge is 0.226 e. The van der Waals surface area contributed by atoms with Crippen molar-refractivity contribution in [3.63, 3.8) is 0 Å². The average molecular weight is 211 g/mol. The molecule has 1 amide bonds. The molecule has 0 spiro atoms. The van der Waals surface area contributed by atoms with Gasteiger partial charge in [0.15, 0.2) is 0 Å². The van der Waals surface area contributed by atoms with Crippen molar-refractivity contribution in [3.05, 3.63) is 22.8 Å². The van der Waals surface area contributed by atoms with Gasteiger partial charge in [0, 0.05) is 17.4 Å². The van der Waals surface area contributed by atoms with Crippen LogP contribution in [0.5, 0.6) is 0 Å². The molecule has 1 aliphatic heterocycles. The molecule has 1 aliphatic rings. The van der Waals surface area contributed by atoms with Crippen LogP contribution in [0.25, 0.3) is 0 Å². The molecule has 1 aromatic heterocycles. The van der Waals surface area contributed by atoms with Gasteiger partial charge in [0.1, 0.15) is 11.0 Å². The summed E-state index contributed by atoms with van der Waals surface area (Å²) in [7, 11) is 0. The zero-order valence-corrected chi connectivity index (χ0v) is 8.85. The maximum Gasteiger partial charge on any atom is 0.226 e. The van der Waals surface area contributed by atoms with Crippen molar-refractivity contribution in [2.24, 2.45) is 0 Å². The highest BCUT2D eigenvalue weighted by Crippen LogP contribution is 2.36. The second-order valence-corrected chi connectivity index (χ2v) is 4.53. The SMILES string of the molecule is CC1(C)CC(=O)Nc2nc(Cl)ccc21. The highest BCUT2D eigenvalue weighted by Gasteiger charge is 2.32. The van der Waals surface area contributed by atoms with Gasteiger partial charge >= 0.3 is 0 Å². The standard InChI is InChI=1S/C10H11ClN2O/c1-10(2)5-8(14)13-9-6(10)3-4-7(11)12-9/h3-4H,5H2,1-2H3,(H,12,13,14). The van der Waals surface area contributed by atoms with Gasteiger partial charge in [-0.2, -0.15) is 0 Å². The van der Waals surface area contributed by atoms with Crippen LogP contribution in [0.15, 0.2) is 12.1 Å². The van der Waals surface area contributed by atoms with Crippen LogP contribution in [-0.2, 0) is 10.2 Å². The molecule has 3 nitrogen and oxygen atoms in total. The van der Waals surface area contributed by atoms with E-state index in [4.69, 9.17) is 11.6 Å². The van der Waals surface area contributed by atoms with Crippen molar-refractivity contribution < 1.29 is 4.79 Å². The second kappa shape index (κ2) is 2.95. The summed E-state index contributed by atoms with van der Waals surface area (Å²) < 4.78 is 0. The van der Waals surface area contributed by atoms with E-state index in [1.807, 2.05) is 19.9 Å². The van der Waals surface area contributed by atoms with Gasteiger partial charge in [0.05, 0.1) is 0 Å². The highest BCUT2D eigenvalue weighted by atomic mass is 35.5. The number of nitrogens with one attached hydrogen (secondary N) is 1. The number of halogens is 1. The van der Waals surface area contributed by atoms with Crippen LogP contribution in [0, 0.1) is 0 Å². The third-order valence-electron chi connectivity index (χ3n) is 2.45. The van der Waals surface area contributed by atoms with Crippen molar-refractivity contribution in [3.8, 4) is 0 Å². The molecule has 0 bridgehead atoms. The van der Waals surface area contributed by atoms with Gasteiger partial charge in [-0.05, 0) is 6.07 Å². The van der Waals surface area contributed by atoms with Gasteiger partial charge in [-0.25, -0.2) is 4.98 Å². The Balaban J connectivity index is 2.57. The van der Waals surface area contributed by atoms with Crippen LogP contribution in [-0.4, -0.2) is 10.9 Å². The second-order valence-electron chi connectivity index (χ2n) is 4.14. The molecular formula is C10H11ClN2O. The van der Waals surface area contributed by atoms with E-state index >= 15 is 0 Å². The lowest BCUT2D eigenvalue weighted by Crippen LogP contribution is -2.33. The van der Waals surface area contributed by atoms with E-state index in [9.17, 15) is 4.79 Å². The number of hydrogen-bond donors (Lipinski definition) is 1. The van der Waals surface area contributed by atoms with Crippen LogP contribution in [0.4, 0.5) is 5.82 Å². The number of fused-ring (bicyclic) bond motifs is 1. The minimum Gasteiger partial charge on any atom is -0.310 e.